The first-order valence-electron chi connectivity index (χ1n) is 5.60. The third-order valence-corrected chi connectivity index (χ3v) is 2.19. The van der Waals surface area contributed by atoms with Crippen molar-refractivity contribution in [3.8, 4) is 0 Å². The van der Waals surface area contributed by atoms with E-state index in [-0.39, 0.29) is 6.61 Å². The highest BCUT2D eigenvalue weighted by molar-refractivity contribution is 5.80. The molecule has 0 aliphatic rings. The summed E-state index contributed by atoms with van der Waals surface area (Å²) in [4.78, 5) is 22.5. The fraction of sp³-hybridized carbons (Fsp3) is 0.385. The highest BCUT2D eigenvalue weighted by Gasteiger charge is 2.21. The van der Waals surface area contributed by atoms with Crippen molar-refractivity contribution in [2.45, 2.75) is 32.7 Å². The number of ether oxygens (including phenoxy) is 2. The van der Waals surface area contributed by atoms with Crippen LogP contribution in [0, 0.1) is 0 Å². The van der Waals surface area contributed by atoms with E-state index >= 15 is 0 Å². The summed E-state index contributed by atoms with van der Waals surface area (Å²) in [5.74, 6) is -1.49. The largest absolute Gasteiger partial charge is 0.458 e. The molecular weight excluding hydrogens is 236 g/mol. The summed E-state index contributed by atoms with van der Waals surface area (Å²) in [6.45, 7) is 2.79. The van der Waals surface area contributed by atoms with Crippen LogP contribution in [0.5, 0.6) is 0 Å². The first-order chi connectivity index (χ1) is 8.50. The van der Waals surface area contributed by atoms with Gasteiger partial charge >= 0.3 is 11.9 Å². The fourth-order valence-corrected chi connectivity index (χ4v) is 1.17. The second-order valence-electron chi connectivity index (χ2n) is 3.85. The average Bonchev–Trinajstić information content (AvgIpc) is 2.36. The normalized spacial score (nSPS) is 13.5. The maximum absolute atomic E-state index is 11.5. The van der Waals surface area contributed by atoms with Crippen molar-refractivity contribution in [1.82, 2.24) is 0 Å². The van der Waals surface area contributed by atoms with Crippen LogP contribution < -0.4 is 0 Å². The van der Waals surface area contributed by atoms with Gasteiger partial charge in [0, 0.05) is 0 Å². The quantitative estimate of drug-likeness (QED) is 0.793. The van der Waals surface area contributed by atoms with E-state index < -0.39 is 24.1 Å². The Balaban J connectivity index is 2.39. The molecule has 1 aromatic rings. The lowest BCUT2D eigenvalue weighted by atomic mass is 10.2. The van der Waals surface area contributed by atoms with Gasteiger partial charge in [0.15, 0.2) is 6.10 Å². The number of esters is 2. The summed E-state index contributed by atoms with van der Waals surface area (Å²) >= 11 is 0. The Morgan fingerprint density at radius 1 is 1.17 bits per heavy atom. The Morgan fingerprint density at radius 3 is 2.33 bits per heavy atom. The summed E-state index contributed by atoms with van der Waals surface area (Å²) in [7, 11) is 0. The van der Waals surface area contributed by atoms with Gasteiger partial charge in [0.1, 0.15) is 12.7 Å². The summed E-state index contributed by atoms with van der Waals surface area (Å²) in [6.07, 6.45) is -2.29. The maximum Gasteiger partial charge on any atom is 0.347 e. The standard InChI is InChI=1S/C13H16O5/c1-9(14)12(15)18-10(2)13(16)17-8-11-6-4-3-5-7-11/h3-7,9-10,14H,8H2,1-2H3/t9-,10-/m0/s1. The molecule has 0 aliphatic carbocycles. The number of hydrogen-bond donors (Lipinski definition) is 1. The Labute approximate surface area is 105 Å². The molecule has 5 nitrogen and oxygen atoms in total. The van der Waals surface area contributed by atoms with Gasteiger partial charge in [-0.05, 0) is 19.4 Å². The molecule has 1 N–H and O–H groups in total. The molecule has 0 aromatic heterocycles. The molecule has 2 atom stereocenters. The van der Waals surface area contributed by atoms with Crippen LogP contribution in [0.4, 0.5) is 0 Å². The molecule has 0 saturated heterocycles. The number of benzene rings is 1. The lowest BCUT2D eigenvalue weighted by molar-refractivity contribution is -0.172. The van der Waals surface area contributed by atoms with Crippen LogP contribution >= 0.6 is 0 Å². The Bertz CT molecular complexity index is 399. The zero-order valence-corrected chi connectivity index (χ0v) is 10.3. The first-order valence-corrected chi connectivity index (χ1v) is 5.60. The van der Waals surface area contributed by atoms with Crippen LogP contribution in [-0.4, -0.2) is 29.3 Å². The summed E-state index contributed by atoms with van der Waals surface area (Å²) in [6, 6.07) is 9.16. The predicted molar refractivity (Wildman–Crippen MR) is 63.5 cm³/mol. The van der Waals surface area contributed by atoms with Crippen LogP contribution in [0.1, 0.15) is 19.4 Å². The maximum atomic E-state index is 11.5. The van der Waals surface area contributed by atoms with E-state index in [0.29, 0.717) is 0 Å². The number of carbonyl (C=O) groups is 2. The Hall–Kier alpha value is -1.88. The minimum Gasteiger partial charge on any atom is -0.458 e. The van der Waals surface area contributed by atoms with Crippen LogP contribution in [-0.2, 0) is 25.7 Å². The summed E-state index contributed by atoms with van der Waals surface area (Å²) in [5.41, 5.74) is 0.847. The highest BCUT2D eigenvalue weighted by Crippen LogP contribution is 2.04. The molecule has 98 valence electrons. The molecule has 1 rings (SSSR count). The number of rotatable bonds is 5. The van der Waals surface area contributed by atoms with E-state index in [1.165, 1.54) is 13.8 Å². The van der Waals surface area contributed by atoms with Gasteiger partial charge in [0.05, 0.1) is 0 Å². The highest BCUT2D eigenvalue weighted by atomic mass is 16.6. The molecule has 0 bridgehead atoms. The van der Waals surface area contributed by atoms with E-state index in [1.807, 2.05) is 30.3 Å². The third kappa shape index (κ3) is 4.55. The van der Waals surface area contributed by atoms with E-state index in [2.05, 4.69) is 0 Å². The smallest absolute Gasteiger partial charge is 0.347 e. The second-order valence-corrected chi connectivity index (χ2v) is 3.85. The molecule has 0 fully saturated rings. The molecule has 1 aromatic carbocycles. The molecule has 0 aliphatic heterocycles. The Morgan fingerprint density at radius 2 is 1.78 bits per heavy atom. The number of hydrogen-bond acceptors (Lipinski definition) is 5. The number of aliphatic hydroxyl groups excluding tert-OH is 1. The number of carbonyl (C=O) groups excluding carboxylic acids is 2. The molecule has 5 heteroatoms. The van der Waals surface area contributed by atoms with Crippen LogP contribution in [0.25, 0.3) is 0 Å². The zero-order chi connectivity index (χ0) is 13.5. The summed E-state index contributed by atoms with van der Waals surface area (Å²) in [5, 5.41) is 8.93. The molecule has 0 radical (unpaired) electrons. The van der Waals surface area contributed by atoms with Gasteiger partial charge in [-0.15, -0.1) is 0 Å². The molecule has 0 spiro atoms. The average molecular weight is 252 g/mol. The van der Waals surface area contributed by atoms with Crippen molar-refractivity contribution in [2.24, 2.45) is 0 Å². The van der Waals surface area contributed by atoms with Crippen LogP contribution in [0.15, 0.2) is 30.3 Å². The van der Waals surface area contributed by atoms with Crippen molar-refractivity contribution in [2.75, 3.05) is 0 Å². The molecule has 0 unspecified atom stereocenters. The van der Waals surface area contributed by atoms with Crippen molar-refractivity contribution in [3.05, 3.63) is 35.9 Å². The van der Waals surface area contributed by atoms with E-state index in [0.717, 1.165) is 5.56 Å². The van der Waals surface area contributed by atoms with Crippen molar-refractivity contribution in [3.63, 3.8) is 0 Å². The third-order valence-electron chi connectivity index (χ3n) is 2.19. The van der Waals surface area contributed by atoms with Gasteiger partial charge in [-0.1, -0.05) is 30.3 Å². The zero-order valence-electron chi connectivity index (χ0n) is 10.3. The minimum absolute atomic E-state index is 0.121. The van der Waals surface area contributed by atoms with Gasteiger partial charge in [0.2, 0.25) is 0 Å². The molecule has 18 heavy (non-hydrogen) atoms. The minimum atomic E-state index is -1.26. The van der Waals surface area contributed by atoms with Crippen molar-refractivity contribution >= 4 is 11.9 Å². The van der Waals surface area contributed by atoms with Gasteiger partial charge in [-0.3, -0.25) is 0 Å². The van der Waals surface area contributed by atoms with Gasteiger partial charge in [-0.25, -0.2) is 9.59 Å². The fourth-order valence-electron chi connectivity index (χ4n) is 1.17. The lowest BCUT2D eigenvalue weighted by Crippen LogP contribution is -2.30. The SMILES string of the molecule is C[C@H](O)C(=O)O[C@@H](C)C(=O)OCc1ccccc1. The monoisotopic (exact) mass is 252 g/mol. The van der Waals surface area contributed by atoms with E-state index in [1.54, 1.807) is 0 Å². The molecule has 0 saturated carbocycles. The molecular formula is C13H16O5. The van der Waals surface area contributed by atoms with E-state index in [9.17, 15) is 9.59 Å². The lowest BCUT2D eigenvalue weighted by Gasteiger charge is -2.13. The van der Waals surface area contributed by atoms with Crippen LogP contribution in [0.3, 0.4) is 0 Å². The van der Waals surface area contributed by atoms with Crippen molar-refractivity contribution in [1.29, 1.82) is 0 Å². The predicted octanol–water partition coefficient (Wildman–Crippen LogP) is 1.04. The second kappa shape index (κ2) is 6.76. The Kier molecular flexibility index (Phi) is 5.32. The topological polar surface area (TPSA) is 72.8 Å². The molecule has 0 heterocycles. The van der Waals surface area contributed by atoms with Crippen molar-refractivity contribution < 1.29 is 24.2 Å². The van der Waals surface area contributed by atoms with Crippen LogP contribution in [0.2, 0.25) is 0 Å². The first kappa shape index (κ1) is 14.2. The summed E-state index contributed by atoms with van der Waals surface area (Å²) < 4.78 is 9.67. The molecule has 0 amide bonds. The van der Waals surface area contributed by atoms with Gasteiger partial charge in [0.25, 0.3) is 0 Å². The van der Waals surface area contributed by atoms with Gasteiger partial charge < -0.3 is 14.6 Å². The van der Waals surface area contributed by atoms with E-state index in [4.69, 9.17) is 14.6 Å². The van der Waals surface area contributed by atoms with Gasteiger partial charge in [-0.2, -0.15) is 0 Å². The number of aliphatic hydroxyl groups is 1.